The van der Waals surface area contributed by atoms with Gasteiger partial charge in [0.15, 0.2) is 11.5 Å². The van der Waals surface area contributed by atoms with Crippen LogP contribution in [0, 0.1) is 0 Å². The van der Waals surface area contributed by atoms with E-state index in [0.717, 1.165) is 5.56 Å². The smallest absolute Gasteiger partial charge is 0.259 e. The molecule has 174 valence electrons. The van der Waals surface area contributed by atoms with E-state index in [9.17, 15) is 4.79 Å². The third-order valence-corrected chi connectivity index (χ3v) is 5.54. The van der Waals surface area contributed by atoms with E-state index >= 15 is 0 Å². The molecule has 0 aliphatic carbocycles. The molecule has 0 unspecified atom stereocenters. The molecular formula is C27H27N3O4. The van der Waals surface area contributed by atoms with E-state index in [4.69, 9.17) is 14.0 Å². The number of benzene rings is 3. The first kappa shape index (κ1) is 23.0. The maximum absolute atomic E-state index is 13.6. The molecule has 4 aromatic rings. The first-order chi connectivity index (χ1) is 16.5. The molecule has 0 N–H and O–H groups in total. The molecule has 0 saturated heterocycles. The van der Waals surface area contributed by atoms with E-state index in [0.29, 0.717) is 40.6 Å². The Bertz CT molecular complexity index is 1270. The summed E-state index contributed by atoms with van der Waals surface area (Å²) in [6.45, 7) is 4.52. The lowest BCUT2D eigenvalue weighted by atomic mass is 10.0. The lowest BCUT2D eigenvalue weighted by Gasteiger charge is -2.27. The molecule has 0 radical (unpaired) electrons. The van der Waals surface area contributed by atoms with Crippen LogP contribution in [0.15, 0.2) is 77.3 Å². The van der Waals surface area contributed by atoms with Gasteiger partial charge < -0.3 is 18.9 Å². The van der Waals surface area contributed by atoms with Gasteiger partial charge in [0.1, 0.15) is 0 Å². The summed E-state index contributed by atoms with van der Waals surface area (Å²) in [6.07, 6.45) is 0. The van der Waals surface area contributed by atoms with Gasteiger partial charge in [-0.05, 0) is 49.7 Å². The van der Waals surface area contributed by atoms with Crippen LogP contribution in [0.3, 0.4) is 0 Å². The molecule has 0 aliphatic heterocycles. The van der Waals surface area contributed by atoms with Crippen molar-refractivity contribution in [2.24, 2.45) is 0 Å². The van der Waals surface area contributed by atoms with Crippen LogP contribution < -0.4 is 9.47 Å². The van der Waals surface area contributed by atoms with Crippen LogP contribution in [-0.4, -0.2) is 41.2 Å². The molecule has 34 heavy (non-hydrogen) atoms. The molecule has 7 heteroatoms. The van der Waals surface area contributed by atoms with Crippen LogP contribution in [0.1, 0.15) is 29.8 Å². The molecule has 1 aromatic heterocycles. The van der Waals surface area contributed by atoms with Crippen molar-refractivity contribution >= 4 is 5.91 Å². The summed E-state index contributed by atoms with van der Waals surface area (Å²) < 4.78 is 16.3. The van der Waals surface area contributed by atoms with Crippen molar-refractivity contribution < 1.29 is 18.8 Å². The molecule has 1 heterocycles. The Morgan fingerprint density at radius 2 is 1.65 bits per heavy atom. The Labute approximate surface area is 198 Å². The fraction of sp³-hybridized carbons (Fsp3) is 0.222. The highest BCUT2D eigenvalue weighted by atomic mass is 16.5. The minimum absolute atomic E-state index is 0.00534. The predicted octanol–water partition coefficient (Wildman–Crippen LogP) is 5.47. The van der Waals surface area contributed by atoms with Crippen molar-refractivity contribution in [1.82, 2.24) is 15.0 Å². The highest BCUT2D eigenvalue weighted by Crippen LogP contribution is 2.32. The zero-order chi connectivity index (χ0) is 24.1. The molecule has 0 bridgehead atoms. The molecule has 3 aromatic carbocycles. The van der Waals surface area contributed by atoms with Crippen molar-refractivity contribution in [2.75, 3.05) is 14.2 Å². The first-order valence-corrected chi connectivity index (χ1v) is 11.0. The van der Waals surface area contributed by atoms with E-state index < -0.39 is 0 Å². The Kier molecular flexibility index (Phi) is 6.92. The summed E-state index contributed by atoms with van der Waals surface area (Å²) in [5, 5.41) is 4.13. The molecule has 0 saturated carbocycles. The second kappa shape index (κ2) is 10.2. The zero-order valence-electron chi connectivity index (χ0n) is 19.7. The van der Waals surface area contributed by atoms with Crippen LogP contribution in [-0.2, 0) is 6.54 Å². The summed E-state index contributed by atoms with van der Waals surface area (Å²) in [6, 6.07) is 22.6. The van der Waals surface area contributed by atoms with Crippen molar-refractivity contribution in [1.29, 1.82) is 0 Å². The number of hydrogen-bond acceptors (Lipinski definition) is 6. The summed E-state index contributed by atoms with van der Waals surface area (Å²) in [5.41, 5.74) is 2.87. The molecule has 4 rings (SSSR count). The SMILES string of the molecule is COc1ccc(-c2noc(-c3ccccc3C(=O)N(Cc3ccccc3)C(C)C)n2)cc1OC. The van der Waals surface area contributed by atoms with E-state index in [1.54, 1.807) is 32.4 Å². The quantitative estimate of drug-likeness (QED) is 0.349. The van der Waals surface area contributed by atoms with Gasteiger partial charge in [0.2, 0.25) is 5.82 Å². The lowest BCUT2D eigenvalue weighted by Crippen LogP contribution is -2.36. The van der Waals surface area contributed by atoms with Crippen LogP contribution in [0.25, 0.3) is 22.8 Å². The summed E-state index contributed by atoms with van der Waals surface area (Å²) in [7, 11) is 3.15. The number of nitrogens with zero attached hydrogens (tertiary/aromatic N) is 3. The highest BCUT2D eigenvalue weighted by molar-refractivity contribution is 6.00. The maximum Gasteiger partial charge on any atom is 0.259 e. The number of methoxy groups -OCH3 is 2. The highest BCUT2D eigenvalue weighted by Gasteiger charge is 2.24. The number of ether oxygens (including phenoxy) is 2. The number of carbonyl (C=O) groups is 1. The normalized spacial score (nSPS) is 10.9. The zero-order valence-corrected chi connectivity index (χ0v) is 19.7. The van der Waals surface area contributed by atoms with Gasteiger partial charge in [-0.2, -0.15) is 4.98 Å². The van der Waals surface area contributed by atoms with Crippen LogP contribution >= 0.6 is 0 Å². The lowest BCUT2D eigenvalue weighted by molar-refractivity contribution is 0.0691. The van der Waals surface area contributed by atoms with Gasteiger partial charge >= 0.3 is 0 Å². The van der Waals surface area contributed by atoms with E-state index in [1.165, 1.54) is 0 Å². The molecule has 0 aliphatic rings. The summed E-state index contributed by atoms with van der Waals surface area (Å²) in [4.78, 5) is 20.0. The van der Waals surface area contributed by atoms with E-state index in [-0.39, 0.29) is 17.8 Å². The summed E-state index contributed by atoms with van der Waals surface area (Å²) >= 11 is 0. The van der Waals surface area contributed by atoms with E-state index in [2.05, 4.69) is 10.1 Å². The Balaban J connectivity index is 1.67. The second-order valence-corrected chi connectivity index (χ2v) is 8.05. The molecule has 1 amide bonds. The molecule has 7 nitrogen and oxygen atoms in total. The third-order valence-electron chi connectivity index (χ3n) is 5.54. The Morgan fingerprint density at radius 3 is 2.35 bits per heavy atom. The van der Waals surface area contributed by atoms with Gasteiger partial charge in [-0.15, -0.1) is 0 Å². The molecular weight excluding hydrogens is 430 g/mol. The first-order valence-electron chi connectivity index (χ1n) is 11.0. The predicted molar refractivity (Wildman–Crippen MR) is 130 cm³/mol. The maximum atomic E-state index is 13.6. The fourth-order valence-electron chi connectivity index (χ4n) is 3.71. The third kappa shape index (κ3) is 4.78. The standard InChI is InChI=1S/C27H27N3O4/c1-18(2)30(17-19-10-6-5-7-11-19)27(31)22-13-9-8-12-21(22)26-28-25(29-34-26)20-14-15-23(32-3)24(16-20)33-4/h5-16,18H,17H2,1-4H3. The number of aromatic nitrogens is 2. The van der Waals surface area contributed by atoms with Crippen LogP contribution in [0.2, 0.25) is 0 Å². The summed E-state index contributed by atoms with van der Waals surface area (Å²) in [5.74, 6) is 1.74. The number of rotatable bonds is 8. The number of amides is 1. The van der Waals surface area contributed by atoms with Gasteiger partial charge in [-0.25, -0.2) is 0 Å². The van der Waals surface area contributed by atoms with Gasteiger partial charge in [-0.3, -0.25) is 4.79 Å². The number of hydrogen-bond donors (Lipinski definition) is 0. The number of carbonyl (C=O) groups excluding carboxylic acids is 1. The van der Waals surface area contributed by atoms with Crippen molar-refractivity contribution in [3.63, 3.8) is 0 Å². The largest absolute Gasteiger partial charge is 0.493 e. The monoisotopic (exact) mass is 457 g/mol. The van der Waals surface area contributed by atoms with Crippen molar-refractivity contribution in [3.05, 3.63) is 83.9 Å². The van der Waals surface area contributed by atoms with Gasteiger partial charge in [0, 0.05) is 18.2 Å². The van der Waals surface area contributed by atoms with Crippen molar-refractivity contribution in [3.8, 4) is 34.3 Å². The molecule has 0 fully saturated rings. The van der Waals surface area contributed by atoms with Crippen molar-refractivity contribution in [2.45, 2.75) is 26.4 Å². The molecule has 0 atom stereocenters. The Morgan fingerprint density at radius 1 is 0.941 bits per heavy atom. The minimum Gasteiger partial charge on any atom is -0.493 e. The molecule has 0 spiro atoms. The second-order valence-electron chi connectivity index (χ2n) is 8.05. The van der Waals surface area contributed by atoms with Crippen LogP contribution in [0.5, 0.6) is 11.5 Å². The fourth-order valence-corrected chi connectivity index (χ4v) is 3.71. The van der Waals surface area contributed by atoms with Gasteiger partial charge in [0.05, 0.1) is 25.3 Å². The van der Waals surface area contributed by atoms with Gasteiger partial charge in [0.25, 0.3) is 11.8 Å². The van der Waals surface area contributed by atoms with Crippen LogP contribution in [0.4, 0.5) is 0 Å². The minimum atomic E-state index is -0.0969. The van der Waals surface area contributed by atoms with E-state index in [1.807, 2.05) is 73.3 Å². The topological polar surface area (TPSA) is 77.7 Å². The Hall–Kier alpha value is -4.13. The van der Waals surface area contributed by atoms with Gasteiger partial charge in [-0.1, -0.05) is 47.6 Å². The average molecular weight is 458 g/mol. The average Bonchev–Trinajstić information content (AvgIpc) is 3.37.